The molecule has 0 N–H and O–H groups in total. The summed E-state index contributed by atoms with van der Waals surface area (Å²) in [7, 11) is 0. The fraction of sp³-hybridized carbons (Fsp3) is 0.500. The number of nitriles is 1. The largest absolute Gasteiger partial charge is 1.00 e. The van der Waals surface area contributed by atoms with Crippen molar-refractivity contribution in [1.29, 1.82) is 5.26 Å². The second-order valence-electron chi connectivity index (χ2n) is 2.70. The smallest absolute Gasteiger partial charge is 0.545 e. The molecule has 0 saturated heterocycles. The van der Waals surface area contributed by atoms with Crippen molar-refractivity contribution in [2.24, 2.45) is 5.92 Å². The Labute approximate surface area is 94.4 Å². The molecule has 0 radical (unpaired) electrons. The molecule has 0 bridgehead atoms. The van der Waals surface area contributed by atoms with Crippen LogP contribution in [0.15, 0.2) is 11.6 Å². The van der Waals surface area contributed by atoms with Gasteiger partial charge in [0.1, 0.15) is 0 Å². The number of hydrogen-bond acceptors (Lipinski definition) is 3. The van der Waals surface area contributed by atoms with Gasteiger partial charge >= 0.3 is 29.6 Å². The van der Waals surface area contributed by atoms with Crippen LogP contribution in [-0.4, -0.2) is 5.97 Å². The Morgan fingerprint density at radius 1 is 1.67 bits per heavy atom. The Morgan fingerprint density at radius 3 is 2.42 bits per heavy atom. The van der Waals surface area contributed by atoms with Crippen LogP contribution in [0.3, 0.4) is 0 Å². The molecule has 60 valence electrons. The zero-order valence-corrected chi connectivity index (χ0v) is 9.63. The quantitative estimate of drug-likeness (QED) is 0.265. The van der Waals surface area contributed by atoms with Crippen LogP contribution >= 0.6 is 0 Å². The number of carboxylic acid groups (broad SMARTS) is 1. The molecule has 0 fully saturated rings. The molecule has 0 saturated carbocycles. The van der Waals surface area contributed by atoms with Gasteiger partial charge < -0.3 is 9.90 Å². The van der Waals surface area contributed by atoms with E-state index in [2.05, 4.69) is 0 Å². The van der Waals surface area contributed by atoms with Crippen molar-refractivity contribution < 1.29 is 39.5 Å². The van der Waals surface area contributed by atoms with E-state index in [-0.39, 0.29) is 35.1 Å². The number of aliphatic carboxylic acids is 1. The Bertz CT molecular complexity index is 216. The zero-order chi connectivity index (χ0) is 8.85. The third-order valence-corrected chi connectivity index (χ3v) is 1.06. The number of carbonyl (C=O) groups is 1. The van der Waals surface area contributed by atoms with Gasteiger partial charge in [0.05, 0.1) is 12.0 Å². The topological polar surface area (TPSA) is 63.9 Å². The second kappa shape index (κ2) is 7.35. The molecule has 0 aromatic carbocycles. The van der Waals surface area contributed by atoms with Gasteiger partial charge in [-0.15, -0.1) is 0 Å². The van der Waals surface area contributed by atoms with Crippen LogP contribution in [-0.2, 0) is 4.79 Å². The van der Waals surface area contributed by atoms with E-state index >= 15 is 0 Å². The van der Waals surface area contributed by atoms with E-state index in [0.717, 1.165) is 6.08 Å². The summed E-state index contributed by atoms with van der Waals surface area (Å²) in [5.41, 5.74) is 0.264. The summed E-state index contributed by atoms with van der Waals surface area (Å²) >= 11 is 0. The maximum Gasteiger partial charge on any atom is 1.00 e. The van der Waals surface area contributed by atoms with Gasteiger partial charge in [-0.1, -0.05) is 13.8 Å². The van der Waals surface area contributed by atoms with Gasteiger partial charge in [0, 0.05) is 5.57 Å². The van der Waals surface area contributed by atoms with Gasteiger partial charge in [0.25, 0.3) is 0 Å². The van der Waals surface area contributed by atoms with Crippen LogP contribution in [0.25, 0.3) is 0 Å². The number of nitrogens with zero attached hydrogens (tertiary/aromatic N) is 1. The first-order valence-corrected chi connectivity index (χ1v) is 3.38. The van der Waals surface area contributed by atoms with E-state index in [1.165, 1.54) is 0 Å². The molecule has 0 aliphatic heterocycles. The molecule has 0 aliphatic carbocycles. The minimum Gasteiger partial charge on any atom is -0.545 e. The maximum absolute atomic E-state index is 10.0. The molecule has 0 unspecified atom stereocenters. The fourth-order valence-electron chi connectivity index (χ4n) is 0.719. The third-order valence-electron chi connectivity index (χ3n) is 1.06. The number of allylic oxidation sites excluding steroid dienone is 1. The molecule has 0 heterocycles. The van der Waals surface area contributed by atoms with Crippen molar-refractivity contribution in [3.05, 3.63) is 11.6 Å². The van der Waals surface area contributed by atoms with Crippen molar-refractivity contribution >= 4 is 5.97 Å². The summed E-state index contributed by atoms with van der Waals surface area (Å²) in [6.45, 7) is 3.83. The van der Waals surface area contributed by atoms with Crippen molar-refractivity contribution in [3.63, 3.8) is 0 Å². The Balaban J connectivity index is 0. The standard InChI is InChI=1S/C8H11NO2.Na/c1-6(2)3-7(5-9)4-8(10)11;/h4,6H,3H2,1-2H3,(H,10,11);/q;+1/p-1/b7-4-;. The van der Waals surface area contributed by atoms with Gasteiger partial charge in [-0.3, -0.25) is 0 Å². The van der Waals surface area contributed by atoms with E-state index < -0.39 is 5.97 Å². The predicted molar refractivity (Wildman–Crippen MR) is 38.2 cm³/mol. The molecule has 0 aliphatic rings. The van der Waals surface area contributed by atoms with Gasteiger partial charge in [-0.25, -0.2) is 0 Å². The summed E-state index contributed by atoms with van der Waals surface area (Å²) in [5.74, 6) is -1.01. The third kappa shape index (κ3) is 7.80. The first-order valence-electron chi connectivity index (χ1n) is 3.38. The molecule has 3 nitrogen and oxygen atoms in total. The summed E-state index contributed by atoms with van der Waals surface area (Å²) in [4.78, 5) is 10.0. The molecule has 0 spiro atoms. The van der Waals surface area contributed by atoms with Gasteiger partial charge in [0.2, 0.25) is 0 Å². The maximum atomic E-state index is 10.0. The average molecular weight is 175 g/mol. The normalized spacial score (nSPS) is 10.3. The number of hydrogen-bond donors (Lipinski definition) is 0. The Morgan fingerprint density at radius 2 is 2.17 bits per heavy atom. The molecule has 0 amide bonds. The molecule has 12 heavy (non-hydrogen) atoms. The summed E-state index contributed by atoms with van der Waals surface area (Å²) in [5, 5.41) is 18.4. The van der Waals surface area contributed by atoms with Gasteiger partial charge in [-0.2, -0.15) is 5.26 Å². The van der Waals surface area contributed by atoms with Crippen LogP contribution in [0.5, 0.6) is 0 Å². The van der Waals surface area contributed by atoms with Gasteiger partial charge in [-0.05, 0) is 18.4 Å². The minimum absolute atomic E-state index is 0. The predicted octanol–water partition coefficient (Wildman–Crippen LogP) is -2.76. The molecule has 0 aromatic rings. The van der Waals surface area contributed by atoms with E-state index in [0.29, 0.717) is 12.3 Å². The zero-order valence-electron chi connectivity index (χ0n) is 7.63. The Kier molecular flexibility index (Phi) is 8.73. The summed E-state index contributed by atoms with van der Waals surface area (Å²) in [6, 6.07) is 1.80. The van der Waals surface area contributed by atoms with Gasteiger partial charge in [0.15, 0.2) is 0 Å². The number of rotatable bonds is 3. The Hall–Kier alpha value is -0.300. The second-order valence-corrected chi connectivity index (χ2v) is 2.70. The van der Waals surface area contributed by atoms with Crippen LogP contribution in [0, 0.1) is 17.2 Å². The first-order chi connectivity index (χ1) is 5.06. The first kappa shape index (κ1) is 14.2. The van der Waals surface area contributed by atoms with Crippen molar-refractivity contribution in [3.8, 4) is 6.07 Å². The SMILES string of the molecule is CC(C)C/C(C#N)=C/C(=O)[O-].[Na+]. The molecular weight excluding hydrogens is 165 g/mol. The number of carbonyl (C=O) groups excluding carboxylic acids is 1. The monoisotopic (exact) mass is 175 g/mol. The average Bonchev–Trinajstić information content (AvgIpc) is 1.84. The molecule has 0 aromatic heterocycles. The van der Waals surface area contributed by atoms with E-state index in [1.807, 2.05) is 13.8 Å². The molecular formula is C8H10NNaO2. The van der Waals surface area contributed by atoms with E-state index in [1.54, 1.807) is 6.07 Å². The number of carboxylic acids is 1. The summed E-state index contributed by atoms with van der Waals surface area (Å²) in [6.07, 6.45) is 1.34. The molecule has 0 rings (SSSR count). The van der Waals surface area contributed by atoms with Crippen LogP contribution in [0.1, 0.15) is 20.3 Å². The minimum atomic E-state index is -1.30. The van der Waals surface area contributed by atoms with Crippen molar-refractivity contribution in [2.75, 3.05) is 0 Å². The van der Waals surface area contributed by atoms with Crippen LogP contribution in [0.4, 0.5) is 0 Å². The fourth-order valence-corrected chi connectivity index (χ4v) is 0.719. The van der Waals surface area contributed by atoms with E-state index in [4.69, 9.17) is 5.26 Å². The summed E-state index contributed by atoms with van der Waals surface area (Å²) < 4.78 is 0. The van der Waals surface area contributed by atoms with Crippen molar-refractivity contribution in [2.45, 2.75) is 20.3 Å². The van der Waals surface area contributed by atoms with E-state index in [9.17, 15) is 9.90 Å². The molecule has 4 heteroatoms. The molecule has 0 atom stereocenters. The van der Waals surface area contributed by atoms with Crippen molar-refractivity contribution in [1.82, 2.24) is 0 Å². The van der Waals surface area contributed by atoms with Crippen LogP contribution < -0.4 is 34.7 Å². The van der Waals surface area contributed by atoms with Crippen LogP contribution in [0.2, 0.25) is 0 Å².